The molecule has 2 aromatic heterocycles. The Morgan fingerprint density at radius 3 is 2.74 bits per heavy atom. The number of amides is 2. The van der Waals surface area contributed by atoms with Gasteiger partial charge in [-0.05, 0) is 49.2 Å². The predicted molar refractivity (Wildman–Crippen MR) is 104 cm³/mol. The van der Waals surface area contributed by atoms with Crippen LogP contribution < -0.4 is 0 Å². The second-order valence-electron chi connectivity index (χ2n) is 6.32. The number of nitrogens with zero attached hydrogens (tertiary/aromatic N) is 4. The van der Waals surface area contributed by atoms with Crippen molar-refractivity contribution in [3.8, 4) is 0 Å². The molecule has 1 aliphatic rings. The van der Waals surface area contributed by atoms with E-state index < -0.39 is 0 Å². The number of carbonyl (C=O) groups is 2. The predicted octanol–water partition coefficient (Wildman–Crippen LogP) is 3.70. The minimum Gasteiger partial charge on any atom is -0.278 e. The molecule has 0 unspecified atom stereocenters. The zero-order valence-corrected chi connectivity index (χ0v) is 16.0. The van der Waals surface area contributed by atoms with Gasteiger partial charge in [0.25, 0.3) is 5.91 Å². The van der Waals surface area contributed by atoms with Gasteiger partial charge in [-0.25, -0.2) is 0 Å². The van der Waals surface area contributed by atoms with Gasteiger partial charge in [-0.2, -0.15) is 0 Å². The molecule has 3 heterocycles. The Balaban J connectivity index is 1.57. The van der Waals surface area contributed by atoms with Crippen LogP contribution >= 0.6 is 23.4 Å². The Labute approximate surface area is 165 Å². The number of thioether (sulfide) groups is 1. The van der Waals surface area contributed by atoms with Crippen LogP contribution in [-0.2, 0) is 4.79 Å². The van der Waals surface area contributed by atoms with Gasteiger partial charge in [-0.15, -0.1) is 10.2 Å². The highest BCUT2D eigenvalue weighted by molar-refractivity contribution is 8.00. The number of rotatable bonds is 3. The molecule has 1 aromatic carbocycles. The maximum atomic E-state index is 13.1. The summed E-state index contributed by atoms with van der Waals surface area (Å²) in [4.78, 5) is 27.3. The summed E-state index contributed by atoms with van der Waals surface area (Å²) in [5.41, 5.74) is 1.20. The summed E-state index contributed by atoms with van der Waals surface area (Å²) >= 11 is 7.26. The summed E-state index contributed by atoms with van der Waals surface area (Å²) in [6.45, 7) is 0.429. The normalized spacial score (nSPS) is 17.9. The van der Waals surface area contributed by atoms with Crippen LogP contribution in [0.4, 0.5) is 0 Å². The van der Waals surface area contributed by atoms with Crippen LogP contribution in [-0.4, -0.2) is 43.1 Å². The molecule has 0 radical (unpaired) electrons. The van der Waals surface area contributed by atoms with Gasteiger partial charge in [0.15, 0.2) is 10.8 Å². The van der Waals surface area contributed by atoms with E-state index in [1.807, 2.05) is 28.8 Å². The Morgan fingerprint density at radius 2 is 1.93 bits per heavy atom. The van der Waals surface area contributed by atoms with Gasteiger partial charge in [0.2, 0.25) is 5.91 Å². The Kier molecular flexibility index (Phi) is 5.13. The number of carbonyl (C=O) groups excluding carboxylic acids is 2. The quantitative estimate of drug-likeness (QED) is 0.627. The number of benzene rings is 1. The molecule has 6 nitrogen and oxygen atoms in total. The monoisotopic (exact) mass is 400 g/mol. The minimum atomic E-state index is -0.364. The van der Waals surface area contributed by atoms with Crippen molar-refractivity contribution in [2.45, 2.75) is 29.7 Å². The zero-order valence-electron chi connectivity index (χ0n) is 14.4. The number of fused-ring (bicyclic) bond motifs is 1. The smallest absolute Gasteiger partial charge is 0.260 e. The number of likely N-dealkylation sites (tertiary alicyclic amines) is 1. The van der Waals surface area contributed by atoms with Crippen molar-refractivity contribution in [3.05, 3.63) is 59.2 Å². The van der Waals surface area contributed by atoms with E-state index in [2.05, 4.69) is 10.2 Å². The zero-order chi connectivity index (χ0) is 18.8. The molecule has 1 saturated heterocycles. The van der Waals surface area contributed by atoms with E-state index in [1.54, 1.807) is 24.3 Å². The fourth-order valence-corrected chi connectivity index (χ4v) is 4.34. The van der Waals surface area contributed by atoms with E-state index in [1.165, 1.54) is 16.7 Å². The first-order chi connectivity index (χ1) is 13.1. The average molecular weight is 401 g/mol. The Hall–Kier alpha value is -2.38. The van der Waals surface area contributed by atoms with Crippen molar-refractivity contribution >= 4 is 40.8 Å². The average Bonchev–Trinajstić information content (AvgIpc) is 3.00. The number of hydrogen-bond donors (Lipinski definition) is 0. The lowest BCUT2D eigenvalue weighted by Gasteiger charge is -2.22. The molecule has 1 aliphatic heterocycles. The first-order valence-electron chi connectivity index (χ1n) is 8.71. The third kappa shape index (κ3) is 3.70. The standard InChI is InChI=1S/C19H17ClN4O2S/c20-14-9-7-13(8-10-14)17(25)24-12-3-1-5-15(18(24)26)27-19-22-21-16-6-2-4-11-23(16)19/h2,4,6-11,15H,1,3,5,12H2/t15-/m0/s1. The molecule has 2 amide bonds. The molecule has 0 spiro atoms. The fourth-order valence-electron chi connectivity index (χ4n) is 3.09. The summed E-state index contributed by atoms with van der Waals surface area (Å²) in [6.07, 6.45) is 4.25. The summed E-state index contributed by atoms with van der Waals surface area (Å²) in [5.74, 6) is -0.458. The van der Waals surface area contributed by atoms with Crippen molar-refractivity contribution in [3.63, 3.8) is 0 Å². The van der Waals surface area contributed by atoms with E-state index in [0.29, 0.717) is 28.7 Å². The Bertz CT molecular complexity index is 989. The molecule has 0 bridgehead atoms. The largest absolute Gasteiger partial charge is 0.278 e. The SMILES string of the molecule is O=C(c1ccc(Cl)cc1)N1CCCC[C@H](Sc2nnc3ccccn23)C1=O. The molecule has 27 heavy (non-hydrogen) atoms. The van der Waals surface area contributed by atoms with Crippen LogP contribution in [0.25, 0.3) is 5.65 Å². The number of pyridine rings is 1. The number of imide groups is 1. The summed E-state index contributed by atoms with van der Waals surface area (Å²) in [5, 5.41) is 9.18. The van der Waals surface area contributed by atoms with Crippen LogP contribution in [0.1, 0.15) is 29.6 Å². The summed E-state index contributed by atoms with van der Waals surface area (Å²) in [6, 6.07) is 12.3. The van der Waals surface area contributed by atoms with Gasteiger partial charge in [0.1, 0.15) is 0 Å². The highest BCUT2D eigenvalue weighted by atomic mass is 35.5. The lowest BCUT2D eigenvalue weighted by Crippen LogP contribution is -2.41. The van der Waals surface area contributed by atoms with Crippen LogP contribution in [0, 0.1) is 0 Å². The molecule has 8 heteroatoms. The summed E-state index contributed by atoms with van der Waals surface area (Å²) < 4.78 is 1.86. The lowest BCUT2D eigenvalue weighted by atomic mass is 10.2. The Morgan fingerprint density at radius 1 is 1.11 bits per heavy atom. The first kappa shape index (κ1) is 18.0. The van der Waals surface area contributed by atoms with Gasteiger partial charge in [-0.1, -0.05) is 35.9 Å². The van der Waals surface area contributed by atoms with Crippen molar-refractivity contribution in [1.29, 1.82) is 0 Å². The summed E-state index contributed by atoms with van der Waals surface area (Å²) in [7, 11) is 0. The lowest BCUT2D eigenvalue weighted by molar-refractivity contribution is -0.127. The van der Waals surface area contributed by atoms with E-state index >= 15 is 0 Å². The van der Waals surface area contributed by atoms with E-state index in [0.717, 1.165) is 18.5 Å². The van der Waals surface area contributed by atoms with E-state index in [9.17, 15) is 9.59 Å². The number of aromatic nitrogens is 3. The van der Waals surface area contributed by atoms with Gasteiger partial charge >= 0.3 is 0 Å². The molecule has 1 atom stereocenters. The van der Waals surface area contributed by atoms with Crippen molar-refractivity contribution in [2.75, 3.05) is 6.54 Å². The van der Waals surface area contributed by atoms with Crippen molar-refractivity contribution in [2.24, 2.45) is 0 Å². The molecule has 0 N–H and O–H groups in total. The van der Waals surface area contributed by atoms with Crippen molar-refractivity contribution < 1.29 is 9.59 Å². The fraction of sp³-hybridized carbons (Fsp3) is 0.263. The van der Waals surface area contributed by atoms with Crippen molar-refractivity contribution in [1.82, 2.24) is 19.5 Å². The highest BCUT2D eigenvalue weighted by Crippen LogP contribution is 2.30. The topological polar surface area (TPSA) is 67.6 Å². The second kappa shape index (κ2) is 7.70. The molecular weight excluding hydrogens is 384 g/mol. The van der Waals surface area contributed by atoms with Gasteiger partial charge < -0.3 is 0 Å². The maximum Gasteiger partial charge on any atom is 0.260 e. The van der Waals surface area contributed by atoms with Crippen LogP contribution in [0.3, 0.4) is 0 Å². The first-order valence-corrected chi connectivity index (χ1v) is 9.97. The van der Waals surface area contributed by atoms with Crippen LogP contribution in [0.2, 0.25) is 5.02 Å². The third-order valence-corrected chi connectivity index (χ3v) is 5.97. The highest BCUT2D eigenvalue weighted by Gasteiger charge is 2.33. The van der Waals surface area contributed by atoms with Gasteiger partial charge in [-0.3, -0.25) is 18.9 Å². The molecule has 138 valence electrons. The molecule has 4 rings (SSSR count). The maximum absolute atomic E-state index is 13.1. The number of hydrogen-bond acceptors (Lipinski definition) is 5. The number of halogens is 1. The molecular formula is C19H17ClN4O2S. The second-order valence-corrected chi connectivity index (χ2v) is 7.92. The van der Waals surface area contributed by atoms with Gasteiger partial charge in [0, 0.05) is 23.3 Å². The van der Waals surface area contributed by atoms with Gasteiger partial charge in [0.05, 0.1) is 5.25 Å². The molecule has 0 aliphatic carbocycles. The van der Waals surface area contributed by atoms with Crippen LogP contribution in [0.5, 0.6) is 0 Å². The van der Waals surface area contributed by atoms with Crippen LogP contribution in [0.15, 0.2) is 53.8 Å². The molecule has 1 fully saturated rings. The van der Waals surface area contributed by atoms with E-state index in [-0.39, 0.29) is 17.1 Å². The molecule has 0 saturated carbocycles. The van der Waals surface area contributed by atoms with E-state index in [4.69, 9.17) is 11.6 Å². The minimum absolute atomic E-state index is 0.176. The third-order valence-electron chi connectivity index (χ3n) is 4.51. The molecule has 3 aromatic rings.